The molecular formula is C15H18BNO4. The van der Waals surface area contributed by atoms with Crippen LogP contribution in [0.25, 0.3) is 11.0 Å². The second-order valence-corrected chi connectivity index (χ2v) is 5.99. The van der Waals surface area contributed by atoms with Gasteiger partial charge < -0.3 is 19.2 Å². The van der Waals surface area contributed by atoms with Crippen LogP contribution in [0.2, 0.25) is 0 Å². The predicted octanol–water partition coefficient (Wildman–Crippen LogP) is 1.56. The molecular weight excluding hydrogens is 269 g/mol. The first-order chi connectivity index (χ1) is 9.67. The van der Waals surface area contributed by atoms with Crippen LogP contribution >= 0.6 is 0 Å². The van der Waals surface area contributed by atoms with Gasteiger partial charge in [-0.05, 0) is 39.8 Å². The van der Waals surface area contributed by atoms with Gasteiger partial charge in [-0.2, -0.15) is 5.26 Å². The monoisotopic (exact) mass is 287 g/mol. The number of fused-ring (bicyclic) bond motifs is 1. The van der Waals surface area contributed by atoms with E-state index < -0.39 is 18.3 Å². The van der Waals surface area contributed by atoms with Gasteiger partial charge in [0.1, 0.15) is 11.7 Å². The van der Waals surface area contributed by atoms with Crippen LogP contribution in [0.15, 0.2) is 28.7 Å². The molecule has 2 aromatic rings. The Bertz CT molecular complexity index is 694. The van der Waals surface area contributed by atoms with Crippen LogP contribution < -0.4 is 5.66 Å². The number of nitriles is 1. The first kappa shape index (κ1) is 15.6. The summed E-state index contributed by atoms with van der Waals surface area (Å²) in [5.41, 5.74) is -1.40. The quantitative estimate of drug-likeness (QED) is 0.833. The van der Waals surface area contributed by atoms with E-state index in [0.717, 1.165) is 0 Å². The smallest absolute Gasteiger partial charge is 0.463 e. The summed E-state index contributed by atoms with van der Waals surface area (Å²) >= 11 is 0. The zero-order valence-corrected chi connectivity index (χ0v) is 12.5. The standard InChI is InChI=1S/C15H18BNO4/c1-14(2,18)15(3,4)21-16(19)13-11(9-17)10-7-5-6-8-12(10)20-13/h5-8,18-19H,1-4H3. The summed E-state index contributed by atoms with van der Waals surface area (Å²) in [6.45, 7) is 6.49. The van der Waals surface area contributed by atoms with Crippen molar-refractivity contribution in [3.05, 3.63) is 29.8 Å². The highest BCUT2D eigenvalue weighted by Crippen LogP contribution is 2.26. The van der Waals surface area contributed by atoms with E-state index in [-0.39, 0.29) is 11.2 Å². The third-order valence-corrected chi connectivity index (χ3v) is 3.84. The maximum absolute atomic E-state index is 10.3. The van der Waals surface area contributed by atoms with Gasteiger partial charge in [0.05, 0.1) is 16.8 Å². The van der Waals surface area contributed by atoms with Crippen molar-refractivity contribution in [1.82, 2.24) is 0 Å². The molecule has 0 atom stereocenters. The Morgan fingerprint density at radius 2 is 1.86 bits per heavy atom. The molecule has 0 bridgehead atoms. The fraction of sp³-hybridized carbons (Fsp3) is 0.400. The van der Waals surface area contributed by atoms with Crippen molar-refractivity contribution in [1.29, 1.82) is 5.26 Å². The molecule has 0 amide bonds. The Kier molecular flexibility index (Phi) is 3.85. The molecule has 6 heteroatoms. The average molecular weight is 287 g/mol. The van der Waals surface area contributed by atoms with E-state index in [1.807, 2.05) is 6.07 Å². The van der Waals surface area contributed by atoms with E-state index in [1.54, 1.807) is 52.0 Å². The van der Waals surface area contributed by atoms with Crippen LogP contribution in [-0.4, -0.2) is 28.5 Å². The van der Waals surface area contributed by atoms with Gasteiger partial charge in [-0.15, -0.1) is 0 Å². The number of rotatable bonds is 4. The molecule has 5 nitrogen and oxygen atoms in total. The number of nitrogens with zero attached hydrogens (tertiary/aromatic N) is 1. The van der Waals surface area contributed by atoms with Crippen LogP contribution in [-0.2, 0) is 4.65 Å². The molecule has 1 heterocycles. The molecule has 110 valence electrons. The third kappa shape index (κ3) is 2.81. The largest absolute Gasteiger partial charge is 0.531 e. The Labute approximate surface area is 123 Å². The third-order valence-electron chi connectivity index (χ3n) is 3.84. The lowest BCUT2D eigenvalue weighted by Gasteiger charge is -2.38. The van der Waals surface area contributed by atoms with Gasteiger partial charge in [-0.1, -0.05) is 12.1 Å². The van der Waals surface area contributed by atoms with E-state index in [9.17, 15) is 15.4 Å². The number of aliphatic hydroxyl groups is 1. The first-order valence-corrected chi connectivity index (χ1v) is 6.67. The Balaban J connectivity index is 2.41. The fourth-order valence-electron chi connectivity index (χ4n) is 1.83. The lowest BCUT2D eigenvalue weighted by molar-refractivity contribution is -0.0986. The molecule has 0 spiro atoms. The van der Waals surface area contributed by atoms with Gasteiger partial charge in [0.2, 0.25) is 0 Å². The highest BCUT2D eigenvalue weighted by atomic mass is 16.6. The number of hydrogen-bond acceptors (Lipinski definition) is 5. The molecule has 1 aromatic carbocycles. The summed E-state index contributed by atoms with van der Waals surface area (Å²) in [7, 11) is -1.44. The topological polar surface area (TPSA) is 86.6 Å². The van der Waals surface area contributed by atoms with E-state index >= 15 is 0 Å². The van der Waals surface area contributed by atoms with Crippen molar-refractivity contribution in [2.45, 2.75) is 38.9 Å². The van der Waals surface area contributed by atoms with Crippen LogP contribution in [0.4, 0.5) is 0 Å². The van der Waals surface area contributed by atoms with E-state index in [2.05, 4.69) is 0 Å². The van der Waals surface area contributed by atoms with Crippen molar-refractivity contribution in [2.75, 3.05) is 0 Å². The highest BCUT2D eigenvalue weighted by Gasteiger charge is 2.41. The minimum atomic E-state index is -1.44. The molecule has 21 heavy (non-hydrogen) atoms. The SMILES string of the molecule is CC(C)(O)C(C)(C)OB(O)c1oc2ccccc2c1C#N. The Hall–Kier alpha value is -1.81. The second-order valence-electron chi connectivity index (χ2n) is 5.99. The summed E-state index contributed by atoms with van der Waals surface area (Å²) in [5.74, 6) is 0. The van der Waals surface area contributed by atoms with Gasteiger partial charge >= 0.3 is 7.12 Å². The number of furan rings is 1. The molecule has 0 saturated carbocycles. The molecule has 0 aliphatic rings. The Morgan fingerprint density at radius 1 is 1.24 bits per heavy atom. The minimum absolute atomic E-state index is 0.0519. The van der Waals surface area contributed by atoms with Gasteiger partial charge in [0.15, 0.2) is 5.66 Å². The Morgan fingerprint density at radius 3 is 2.43 bits per heavy atom. The van der Waals surface area contributed by atoms with Gasteiger partial charge in [-0.25, -0.2) is 0 Å². The van der Waals surface area contributed by atoms with Crippen LogP contribution in [0.1, 0.15) is 33.3 Å². The van der Waals surface area contributed by atoms with E-state index in [4.69, 9.17) is 9.07 Å². The molecule has 0 radical (unpaired) electrons. The summed E-state index contributed by atoms with van der Waals surface area (Å²) in [6, 6.07) is 9.06. The number of hydrogen-bond donors (Lipinski definition) is 2. The zero-order valence-electron chi connectivity index (χ0n) is 12.5. The van der Waals surface area contributed by atoms with E-state index in [0.29, 0.717) is 11.0 Å². The van der Waals surface area contributed by atoms with Crippen LogP contribution in [0.5, 0.6) is 0 Å². The second kappa shape index (κ2) is 5.19. The van der Waals surface area contributed by atoms with Crippen molar-refractivity contribution in [2.24, 2.45) is 0 Å². The summed E-state index contributed by atoms with van der Waals surface area (Å²) in [6.07, 6.45) is 0. The van der Waals surface area contributed by atoms with Crippen molar-refractivity contribution in [3.63, 3.8) is 0 Å². The molecule has 0 aliphatic carbocycles. The summed E-state index contributed by atoms with van der Waals surface area (Å²) in [4.78, 5) is 0. The van der Waals surface area contributed by atoms with Crippen LogP contribution in [0, 0.1) is 11.3 Å². The highest BCUT2D eigenvalue weighted by molar-refractivity contribution is 6.60. The predicted molar refractivity (Wildman–Crippen MR) is 80.0 cm³/mol. The molecule has 0 saturated heterocycles. The zero-order chi connectivity index (χ0) is 15.8. The molecule has 2 rings (SSSR count). The lowest BCUT2D eigenvalue weighted by atomic mass is 9.79. The van der Waals surface area contributed by atoms with Crippen molar-refractivity contribution in [3.8, 4) is 6.07 Å². The first-order valence-electron chi connectivity index (χ1n) is 6.67. The van der Waals surface area contributed by atoms with E-state index in [1.165, 1.54) is 0 Å². The van der Waals surface area contributed by atoms with Gasteiger partial charge in [0, 0.05) is 5.39 Å². The van der Waals surface area contributed by atoms with Gasteiger partial charge in [-0.3, -0.25) is 0 Å². The summed E-state index contributed by atoms with van der Waals surface area (Å²) in [5, 5.41) is 30.2. The lowest BCUT2D eigenvalue weighted by Crippen LogP contribution is -2.53. The maximum Gasteiger partial charge on any atom is 0.531 e. The van der Waals surface area contributed by atoms with Crippen molar-refractivity contribution >= 4 is 23.7 Å². The molecule has 1 aromatic heterocycles. The number of benzene rings is 1. The molecule has 0 fully saturated rings. The molecule has 0 aliphatic heterocycles. The average Bonchev–Trinajstić information content (AvgIpc) is 2.75. The molecule has 2 N–H and O–H groups in total. The minimum Gasteiger partial charge on any atom is -0.463 e. The molecule has 0 unspecified atom stereocenters. The van der Waals surface area contributed by atoms with Crippen molar-refractivity contribution < 1.29 is 19.2 Å². The normalized spacial score (nSPS) is 12.4. The van der Waals surface area contributed by atoms with Crippen LogP contribution in [0.3, 0.4) is 0 Å². The number of para-hydroxylation sites is 1. The summed E-state index contributed by atoms with van der Waals surface area (Å²) < 4.78 is 11.1. The fourth-order valence-corrected chi connectivity index (χ4v) is 1.83. The maximum atomic E-state index is 10.3. The van der Waals surface area contributed by atoms with Gasteiger partial charge in [0.25, 0.3) is 0 Å².